The van der Waals surface area contributed by atoms with Gasteiger partial charge in [0.05, 0.1) is 0 Å². The van der Waals surface area contributed by atoms with Gasteiger partial charge in [-0.25, -0.2) is 0 Å². The van der Waals surface area contributed by atoms with E-state index in [1.54, 1.807) is 0 Å². The second-order valence-electron chi connectivity index (χ2n) is 9.19. The Kier molecular flexibility index (Phi) is 4.67. The second-order valence-corrected chi connectivity index (χ2v) is 10.3. The molecule has 33 heavy (non-hydrogen) atoms. The predicted octanol–water partition coefficient (Wildman–Crippen LogP) is 9.17. The standard InChI is InChI=1S/C31H27NS/c1-18-10-9-11-19(2)31(18)32-25-14-7-5-12-22(25)28-20(3)21(4)29-24(28)16-17-27-30(29)23-13-6-8-15-26(23)33-27/h5-17,24,32H,1-4H3. The molecule has 0 aliphatic heterocycles. The molecule has 1 atom stereocenters. The van der Waals surface area contributed by atoms with Crippen LogP contribution in [0.2, 0.25) is 0 Å². The Bertz CT molecular complexity index is 1510. The molecule has 0 saturated heterocycles. The fourth-order valence-corrected chi connectivity index (χ4v) is 6.67. The molecule has 0 bridgehead atoms. The van der Waals surface area contributed by atoms with E-state index in [0.717, 1.165) is 0 Å². The molecule has 2 aliphatic carbocycles. The average molecular weight is 446 g/mol. The van der Waals surface area contributed by atoms with Gasteiger partial charge in [-0.05, 0) is 79.3 Å². The van der Waals surface area contributed by atoms with Gasteiger partial charge >= 0.3 is 0 Å². The third kappa shape index (κ3) is 3.05. The zero-order valence-corrected chi connectivity index (χ0v) is 20.3. The van der Waals surface area contributed by atoms with Gasteiger partial charge in [-0.1, -0.05) is 60.7 Å². The van der Waals surface area contributed by atoms with Gasteiger partial charge in [0, 0.05) is 43.4 Å². The molecule has 2 aliphatic rings. The highest BCUT2D eigenvalue weighted by Gasteiger charge is 2.35. The van der Waals surface area contributed by atoms with E-state index in [2.05, 4.69) is 112 Å². The molecule has 0 radical (unpaired) electrons. The number of fused-ring (bicyclic) bond motifs is 5. The van der Waals surface area contributed by atoms with E-state index in [9.17, 15) is 0 Å². The van der Waals surface area contributed by atoms with Crippen molar-refractivity contribution in [1.29, 1.82) is 0 Å². The van der Waals surface area contributed by atoms with E-state index in [1.807, 2.05) is 11.3 Å². The van der Waals surface area contributed by atoms with E-state index in [-0.39, 0.29) is 5.92 Å². The smallest absolute Gasteiger partial charge is 0.0461 e. The molecule has 0 fully saturated rings. The largest absolute Gasteiger partial charge is 0.355 e. The van der Waals surface area contributed by atoms with Crippen LogP contribution in [0.25, 0.3) is 27.3 Å². The van der Waals surface area contributed by atoms with E-state index >= 15 is 0 Å². The summed E-state index contributed by atoms with van der Waals surface area (Å²) < 4.78 is 1.37. The lowest BCUT2D eigenvalue weighted by atomic mass is 9.82. The average Bonchev–Trinajstić information content (AvgIpc) is 3.32. The number of anilines is 2. The van der Waals surface area contributed by atoms with Crippen molar-refractivity contribution in [3.8, 4) is 0 Å². The van der Waals surface area contributed by atoms with Crippen LogP contribution in [0.4, 0.5) is 11.4 Å². The molecule has 1 N–H and O–H groups in total. The van der Waals surface area contributed by atoms with E-state index in [1.165, 1.54) is 70.9 Å². The van der Waals surface area contributed by atoms with Crippen LogP contribution >= 0.6 is 11.3 Å². The Morgan fingerprint density at radius 2 is 1.42 bits per heavy atom. The first-order valence-electron chi connectivity index (χ1n) is 11.6. The Hall–Kier alpha value is -3.36. The van der Waals surface area contributed by atoms with E-state index in [4.69, 9.17) is 0 Å². The van der Waals surface area contributed by atoms with Crippen molar-refractivity contribution in [2.45, 2.75) is 27.7 Å². The minimum Gasteiger partial charge on any atom is -0.355 e. The number of allylic oxidation sites excluding steroid dienone is 5. The molecule has 1 aromatic heterocycles. The third-order valence-corrected chi connectivity index (χ3v) is 8.42. The monoisotopic (exact) mass is 445 g/mol. The van der Waals surface area contributed by atoms with Gasteiger partial charge in [0.2, 0.25) is 0 Å². The summed E-state index contributed by atoms with van der Waals surface area (Å²) in [6.07, 6.45) is 4.76. The number of aryl methyl sites for hydroxylation is 2. The van der Waals surface area contributed by atoms with Gasteiger partial charge in [-0.15, -0.1) is 11.3 Å². The molecule has 1 nitrogen and oxygen atoms in total. The van der Waals surface area contributed by atoms with Gasteiger partial charge in [0.25, 0.3) is 0 Å². The Morgan fingerprint density at radius 3 is 2.24 bits per heavy atom. The lowest BCUT2D eigenvalue weighted by Crippen LogP contribution is -2.07. The number of benzene rings is 3. The second kappa shape index (κ2) is 7.60. The molecule has 0 spiro atoms. The predicted molar refractivity (Wildman–Crippen MR) is 145 cm³/mol. The summed E-state index contributed by atoms with van der Waals surface area (Å²) in [7, 11) is 0. The number of nitrogens with one attached hydrogen (secondary N) is 1. The number of hydrogen-bond donors (Lipinski definition) is 1. The number of para-hydroxylation sites is 2. The zero-order valence-electron chi connectivity index (χ0n) is 19.5. The molecular weight excluding hydrogens is 418 g/mol. The normalized spacial score (nSPS) is 17.0. The maximum absolute atomic E-state index is 3.79. The highest BCUT2D eigenvalue weighted by molar-refractivity contribution is 7.20. The van der Waals surface area contributed by atoms with Crippen LogP contribution in [0.1, 0.15) is 41.0 Å². The van der Waals surface area contributed by atoms with Crippen molar-refractivity contribution in [2.75, 3.05) is 5.32 Å². The molecule has 3 aromatic carbocycles. The minimum atomic E-state index is 0.288. The molecule has 1 heterocycles. The zero-order chi connectivity index (χ0) is 22.7. The molecule has 0 amide bonds. The fraction of sp³-hybridized carbons (Fsp3) is 0.161. The van der Waals surface area contributed by atoms with Crippen LogP contribution < -0.4 is 5.32 Å². The number of thiophene rings is 1. The topological polar surface area (TPSA) is 12.0 Å². The maximum atomic E-state index is 3.79. The van der Waals surface area contributed by atoms with Crippen LogP contribution in [0.5, 0.6) is 0 Å². The summed E-state index contributed by atoms with van der Waals surface area (Å²) in [6, 6.07) is 24.1. The number of rotatable bonds is 3. The van der Waals surface area contributed by atoms with Gasteiger partial charge in [-0.3, -0.25) is 0 Å². The van der Waals surface area contributed by atoms with Gasteiger partial charge < -0.3 is 5.32 Å². The molecular formula is C31H27NS. The molecule has 1 unspecified atom stereocenters. The van der Waals surface area contributed by atoms with Crippen LogP contribution in [0.15, 0.2) is 84.0 Å². The summed E-state index contributed by atoms with van der Waals surface area (Å²) in [5.41, 5.74) is 13.4. The summed E-state index contributed by atoms with van der Waals surface area (Å²) >= 11 is 1.91. The highest BCUT2D eigenvalue weighted by Crippen LogP contribution is 2.55. The van der Waals surface area contributed by atoms with Gasteiger partial charge in [0.1, 0.15) is 0 Å². The van der Waals surface area contributed by atoms with E-state index in [0.29, 0.717) is 0 Å². The quantitative estimate of drug-likeness (QED) is 0.331. The van der Waals surface area contributed by atoms with Gasteiger partial charge in [0.15, 0.2) is 0 Å². The Labute approximate surface area is 199 Å². The summed E-state index contributed by atoms with van der Waals surface area (Å²) in [6.45, 7) is 8.96. The van der Waals surface area contributed by atoms with Crippen LogP contribution in [0.3, 0.4) is 0 Å². The summed E-state index contributed by atoms with van der Waals surface area (Å²) in [5.74, 6) is 0.288. The Balaban J connectivity index is 1.49. The SMILES string of the molecule is CC1=C(c2ccccc2Nc2c(C)cccc2C)C2C=Cc3sc4ccccc4c3C2=C1C. The van der Waals surface area contributed by atoms with Crippen molar-refractivity contribution in [1.82, 2.24) is 0 Å². The van der Waals surface area contributed by atoms with Crippen LogP contribution in [0, 0.1) is 19.8 Å². The Morgan fingerprint density at radius 1 is 0.727 bits per heavy atom. The number of hydrogen-bond acceptors (Lipinski definition) is 2. The van der Waals surface area contributed by atoms with Crippen molar-refractivity contribution >= 4 is 50.0 Å². The minimum absolute atomic E-state index is 0.288. The molecule has 162 valence electrons. The third-order valence-electron chi connectivity index (χ3n) is 7.28. The molecule has 6 rings (SSSR count). The van der Waals surface area contributed by atoms with Crippen molar-refractivity contribution in [3.63, 3.8) is 0 Å². The van der Waals surface area contributed by atoms with Crippen molar-refractivity contribution in [3.05, 3.63) is 111 Å². The van der Waals surface area contributed by atoms with E-state index < -0.39 is 0 Å². The highest BCUT2D eigenvalue weighted by atomic mass is 32.1. The molecule has 4 aromatic rings. The first-order chi connectivity index (χ1) is 16.0. The molecule has 0 saturated carbocycles. The van der Waals surface area contributed by atoms with Crippen LogP contribution in [-0.4, -0.2) is 0 Å². The fourth-order valence-electron chi connectivity index (χ4n) is 5.54. The van der Waals surface area contributed by atoms with Crippen molar-refractivity contribution in [2.24, 2.45) is 5.92 Å². The van der Waals surface area contributed by atoms with Crippen LogP contribution in [-0.2, 0) is 0 Å². The first-order valence-corrected chi connectivity index (χ1v) is 12.4. The summed E-state index contributed by atoms with van der Waals surface area (Å²) in [4.78, 5) is 1.39. The van der Waals surface area contributed by atoms with Crippen molar-refractivity contribution < 1.29 is 0 Å². The molecule has 2 heteroatoms. The maximum Gasteiger partial charge on any atom is 0.0461 e. The lowest BCUT2D eigenvalue weighted by Gasteiger charge is -2.23. The first kappa shape index (κ1) is 20.3. The lowest BCUT2D eigenvalue weighted by molar-refractivity contribution is 1.13. The van der Waals surface area contributed by atoms with Gasteiger partial charge in [-0.2, -0.15) is 0 Å². The summed E-state index contributed by atoms with van der Waals surface area (Å²) in [5, 5.41) is 5.17.